The summed E-state index contributed by atoms with van der Waals surface area (Å²) in [6, 6.07) is -0.858. The maximum Gasteiger partial charge on any atom is 0.405 e. The molecule has 0 radical (unpaired) electrons. The summed E-state index contributed by atoms with van der Waals surface area (Å²) in [5.41, 5.74) is 0.629. The minimum Gasteiger partial charge on any atom is -0.332 e. The van der Waals surface area contributed by atoms with Crippen molar-refractivity contribution in [3.05, 3.63) is 16.1 Å². The lowest BCUT2D eigenvalue weighted by molar-refractivity contribution is -0.122. The van der Waals surface area contributed by atoms with Gasteiger partial charge in [-0.1, -0.05) is 0 Å². The van der Waals surface area contributed by atoms with E-state index < -0.39 is 18.8 Å². The maximum absolute atomic E-state index is 11.7. The molecule has 0 unspecified atom stereocenters. The third-order valence-corrected chi connectivity index (χ3v) is 2.37. The van der Waals surface area contributed by atoms with Crippen molar-refractivity contribution in [2.45, 2.75) is 19.6 Å². The zero-order chi connectivity index (χ0) is 12.2. The minimum absolute atomic E-state index is 0.119. The Morgan fingerprint density at radius 3 is 2.69 bits per heavy atom. The number of carbonyl (C=O) groups excluding carboxylic acids is 1. The van der Waals surface area contributed by atoms with Crippen LogP contribution in [0.3, 0.4) is 0 Å². The molecule has 0 saturated heterocycles. The molecule has 2 N–H and O–H groups in total. The fourth-order valence-corrected chi connectivity index (χ4v) is 1.52. The van der Waals surface area contributed by atoms with E-state index in [4.69, 9.17) is 0 Å². The first-order chi connectivity index (χ1) is 7.37. The highest BCUT2D eigenvalue weighted by molar-refractivity contribution is 7.09. The molecule has 1 aromatic heterocycles. The van der Waals surface area contributed by atoms with Gasteiger partial charge in [0.15, 0.2) is 0 Å². The van der Waals surface area contributed by atoms with Gasteiger partial charge in [-0.25, -0.2) is 9.78 Å². The number of alkyl halides is 3. The number of thiazole rings is 1. The van der Waals surface area contributed by atoms with Crippen molar-refractivity contribution in [3.8, 4) is 0 Å². The third kappa shape index (κ3) is 4.96. The highest BCUT2D eigenvalue weighted by Gasteiger charge is 2.27. The molecule has 0 atom stereocenters. The maximum atomic E-state index is 11.7. The van der Waals surface area contributed by atoms with Crippen molar-refractivity contribution >= 4 is 17.4 Å². The molecule has 0 bridgehead atoms. The molecule has 0 aliphatic heterocycles. The number of aryl methyl sites for hydroxylation is 1. The van der Waals surface area contributed by atoms with Crippen molar-refractivity contribution in [3.63, 3.8) is 0 Å². The van der Waals surface area contributed by atoms with Crippen LogP contribution in [0.5, 0.6) is 0 Å². The second-order valence-corrected chi connectivity index (χ2v) is 4.07. The lowest BCUT2D eigenvalue weighted by atomic mass is 10.5. The number of hydrogen-bond donors (Lipinski definition) is 2. The van der Waals surface area contributed by atoms with E-state index >= 15 is 0 Å². The van der Waals surface area contributed by atoms with E-state index in [1.54, 1.807) is 17.6 Å². The quantitative estimate of drug-likeness (QED) is 0.863. The number of nitrogens with zero attached hydrogens (tertiary/aromatic N) is 1. The van der Waals surface area contributed by atoms with Gasteiger partial charge in [-0.15, -0.1) is 11.3 Å². The fourth-order valence-electron chi connectivity index (χ4n) is 0.903. The number of aromatic nitrogens is 1. The number of halogens is 3. The molecule has 0 aromatic carbocycles. The van der Waals surface area contributed by atoms with Gasteiger partial charge in [0.2, 0.25) is 0 Å². The van der Waals surface area contributed by atoms with Crippen LogP contribution in [-0.2, 0) is 6.54 Å². The molecule has 0 fully saturated rings. The largest absolute Gasteiger partial charge is 0.405 e. The van der Waals surface area contributed by atoms with Gasteiger partial charge in [-0.3, -0.25) is 0 Å². The number of rotatable bonds is 3. The van der Waals surface area contributed by atoms with E-state index in [1.807, 2.05) is 0 Å². The summed E-state index contributed by atoms with van der Waals surface area (Å²) in [7, 11) is 0. The predicted octanol–water partition coefficient (Wildman–Crippen LogP) is 1.81. The van der Waals surface area contributed by atoms with Gasteiger partial charge in [0, 0.05) is 5.38 Å². The molecule has 0 aliphatic carbocycles. The first-order valence-corrected chi connectivity index (χ1v) is 5.24. The van der Waals surface area contributed by atoms with Gasteiger partial charge in [-0.05, 0) is 6.92 Å². The van der Waals surface area contributed by atoms with E-state index in [0.29, 0.717) is 5.69 Å². The Balaban J connectivity index is 2.25. The van der Waals surface area contributed by atoms with Crippen molar-refractivity contribution in [1.82, 2.24) is 15.6 Å². The summed E-state index contributed by atoms with van der Waals surface area (Å²) >= 11 is 1.41. The van der Waals surface area contributed by atoms with E-state index in [1.165, 1.54) is 11.3 Å². The molecule has 0 saturated carbocycles. The summed E-state index contributed by atoms with van der Waals surface area (Å²) in [6.45, 7) is 0.584. The standard InChI is InChI=1S/C8H10F3N3OS/c1-5-14-6(3-16-5)2-12-7(15)13-4-8(9,10)11/h3H,2,4H2,1H3,(H2,12,13,15). The van der Waals surface area contributed by atoms with E-state index in [2.05, 4.69) is 10.3 Å². The molecule has 90 valence electrons. The molecule has 1 aromatic rings. The Morgan fingerprint density at radius 1 is 1.50 bits per heavy atom. The number of nitrogens with one attached hydrogen (secondary N) is 2. The van der Waals surface area contributed by atoms with Crippen molar-refractivity contribution in [1.29, 1.82) is 0 Å². The Labute approximate surface area is 93.9 Å². The number of hydrogen-bond acceptors (Lipinski definition) is 3. The lowest BCUT2D eigenvalue weighted by Gasteiger charge is -2.08. The lowest BCUT2D eigenvalue weighted by Crippen LogP contribution is -2.40. The Kier molecular flexibility index (Phi) is 4.11. The van der Waals surface area contributed by atoms with Crippen molar-refractivity contribution in [2.24, 2.45) is 0 Å². The molecule has 8 heteroatoms. The van der Waals surface area contributed by atoms with Crippen LogP contribution in [0.2, 0.25) is 0 Å². The van der Waals surface area contributed by atoms with Crippen molar-refractivity contribution < 1.29 is 18.0 Å². The van der Waals surface area contributed by atoms with Crippen LogP contribution >= 0.6 is 11.3 Å². The zero-order valence-electron chi connectivity index (χ0n) is 8.39. The average molecular weight is 253 g/mol. The van der Waals surface area contributed by atoms with Gasteiger partial charge >= 0.3 is 12.2 Å². The topological polar surface area (TPSA) is 54.0 Å². The van der Waals surface area contributed by atoms with Gasteiger partial charge in [0.25, 0.3) is 0 Å². The average Bonchev–Trinajstić information content (AvgIpc) is 2.57. The van der Waals surface area contributed by atoms with Gasteiger partial charge in [-0.2, -0.15) is 13.2 Å². The van der Waals surface area contributed by atoms with Crippen LogP contribution in [0.25, 0.3) is 0 Å². The normalized spacial score (nSPS) is 11.2. The molecule has 0 aliphatic rings. The summed E-state index contributed by atoms with van der Waals surface area (Å²) < 4.78 is 35.2. The molecule has 2 amide bonds. The SMILES string of the molecule is Cc1nc(CNC(=O)NCC(F)(F)F)cs1. The van der Waals surface area contributed by atoms with Crippen LogP contribution in [0, 0.1) is 6.92 Å². The van der Waals surface area contributed by atoms with Gasteiger partial charge < -0.3 is 10.6 Å². The summed E-state index contributed by atoms with van der Waals surface area (Å²) in [5, 5.41) is 6.55. The van der Waals surface area contributed by atoms with Crippen LogP contribution in [0.15, 0.2) is 5.38 Å². The molecule has 0 spiro atoms. The molecular formula is C8H10F3N3OS. The van der Waals surface area contributed by atoms with Crippen LogP contribution < -0.4 is 10.6 Å². The molecular weight excluding hydrogens is 243 g/mol. The molecule has 1 heterocycles. The van der Waals surface area contributed by atoms with E-state index in [0.717, 1.165) is 5.01 Å². The molecule has 4 nitrogen and oxygen atoms in total. The highest BCUT2D eigenvalue weighted by atomic mass is 32.1. The second kappa shape index (κ2) is 5.15. The predicted molar refractivity (Wildman–Crippen MR) is 53.1 cm³/mol. The highest BCUT2D eigenvalue weighted by Crippen LogP contribution is 2.12. The summed E-state index contributed by atoms with van der Waals surface area (Å²) in [4.78, 5) is 15.0. The Hall–Kier alpha value is -1.31. The van der Waals surface area contributed by atoms with E-state index in [-0.39, 0.29) is 6.54 Å². The third-order valence-electron chi connectivity index (χ3n) is 1.55. The van der Waals surface area contributed by atoms with Gasteiger partial charge in [0.1, 0.15) is 6.54 Å². The van der Waals surface area contributed by atoms with E-state index in [9.17, 15) is 18.0 Å². The summed E-state index contributed by atoms with van der Waals surface area (Å²) in [5.74, 6) is 0. The Morgan fingerprint density at radius 2 is 2.19 bits per heavy atom. The number of amides is 2. The number of urea groups is 1. The zero-order valence-corrected chi connectivity index (χ0v) is 9.21. The van der Waals surface area contributed by atoms with Crippen LogP contribution in [0.1, 0.15) is 10.7 Å². The van der Waals surface area contributed by atoms with Crippen LogP contribution in [-0.4, -0.2) is 23.7 Å². The van der Waals surface area contributed by atoms with Crippen LogP contribution in [0.4, 0.5) is 18.0 Å². The molecule has 1 rings (SSSR count). The first kappa shape index (κ1) is 12.8. The second-order valence-electron chi connectivity index (χ2n) is 3.01. The number of carbonyl (C=O) groups is 1. The minimum atomic E-state index is -4.39. The first-order valence-electron chi connectivity index (χ1n) is 4.36. The fraction of sp³-hybridized carbons (Fsp3) is 0.500. The summed E-state index contributed by atoms with van der Waals surface area (Å²) in [6.07, 6.45) is -4.39. The smallest absolute Gasteiger partial charge is 0.332 e. The van der Waals surface area contributed by atoms with Crippen molar-refractivity contribution in [2.75, 3.05) is 6.54 Å². The Bertz CT molecular complexity index is 364. The van der Waals surface area contributed by atoms with Gasteiger partial charge in [0.05, 0.1) is 17.2 Å². The monoisotopic (exact) mass is 253 g/mol. The molecule has 16 heavy (non-hydrogen) atoms.